The highest BCUT2D eigenvalue weighted by Crippen LogP contribution is 2.20. The molecule has 0 aromatic heterocycles. The molecule has 0 aliphatic rings. The Bertz CT molecular complexity index is 269. The number of phenols is 1. The lowest BCUT2D eigenvalue weighted by molar-refractivity contribution is -0.108. The molecule has 0 amide bonds. The van der Waals surface area contributed by atoms with Crippen molar-refractivity contribution in [2.24, 2.45) is 0 Å². The molecular weight excluding hydrogens is 192 g/mol. The summed E-state index contributed by atoms with van der Waals surface area (Å²) in [6, 6.07) is 6.70. The molecule has 0 aliphatic carbocycles. The van der Waals surface area contributed by atoms with E-state index in [2.05, 4.69) is 12.6 Å². The minimum absolute atomic E-state index is 0.145. The molecule has 0 saturated heterocycles. The third-order valence-corrected chi connectivity index (χ3v) is 2.58. The summed E-state index contributed by atoms with van der Waals surface area (Å²) in [5.41, 5.74) is 0. The molecule has 0 atom stereocenters. The molecule has 1 aromatic carbocycles. The van der Waals surface area contributed by atoms with Crippen LogP contribution in [0.3, 0.4) is 0 Å². The van der Waals surface area contributed by atoms with Gasteiger partial charge in [-0.2, -0.15) is 0 Å². The van der Waals surface area contributed by atoms with Gasteiger partial charge >= 0.3 is 0 Å². The molecule has 0 unspecified atom stereocenters. The van der Waals surface area contributed by atoms with E-state index in [0.29, 0.717) is 5.75 Å². The van der Waals surface area contributed by atoms with Crippen molar-refractivity contribution in [3.8, 4) is 5.75 Å². The van der Waals surface area contributed by atoms with Crippen molar-refractivity contribution in [2.75, 3.05) is 5.75 Å². The zero-order valence-corrected chi connectivity index (χ0v) is 7.94. The summed E-state index contributed by atoms with van der Waals surface area (Å²) in [6.45, 7) is 0. The van der Waals surface area contributed by atoms with Crippen molar-refractivity contribution in [1.29, 1.82) is 0 Å². The fourth-order valence-electron chi connectivity index (χ4n) is 0.687. The van der Waals surface area contributed by atoms with Gasteiger partial charge in [-0.25, -0.2) is 0 Å². The first-order valence-electron chi connectivity index (χ1n) is 3.32. The summed E-state index contributed by atoms with van der Waals surface area (Å²) >= 11 is 5.04. The molecule has 0 fully saturated rings. The van der Waals surface area contributed by atoms with Crippen LogP contribution in [0.2, 0.25) is 0 Å². The summed E-state index contributed by atoms with van der Waals surface area (Å²) < 4.78 is 0. The molecule has 12 heavy (non-hydrogen) atoms. The topological polar surface area (TPSA) is 37.3 Å². The number of carbonyl (C=O) groups excluding carboxylic acids is 1. The minimum atomic E-state index is -0.145. The predicted molar refractivity (Wildman–Crippen MR) is 52.8 cm³/mol. The molecular formula is C8H8O2S2. The number of thioether (sulfide) groups is 1. The van der Waals surface area contributed by atoms with Crippen molar-refractivity contribution in [2.45, 2.75) is 4.90 Å². The summed E-state index contributed by atoms with van der Waals surface area (Å²) in [7, 11) is 0. The fourth-order valence-corrected chi connectivity index (χ4v) is 1.50. The van der Waals surface area contributed by atoms with Crippen LogP contribution in [-0.4, -0.2) is 16.0 Å². The van der Waals surface area contributed by atoms with Crippen molar-refractivity contribution >= 4 is 29.5 Å². The van der Waals surface area contributed by atoms with Crippen LogP contribution >= 0.6 is 24.4 Å². The Morgan fingerprint density at radius 3 is 2.50 bits per heavy atom. The van der Waals surface area contributed by atoms with E-state index >= 15 is 0 Å². The number of phenolic OH excluding ortho intramolecular Hbond substituents is 1. The lowest BCUT2D eigenvalue weighted by atomic mass is 10.3. The van der Waals surface area contributed by atoms with Gasteiger partial charge in [-0.1, -0.05) is 0 Å². The van der Waals surface area contributed by atoms with Crippen molar-refractivity contribution in [1.82, 2.24) is 0 Å². The molecule has 1 aromatic rings. The quantitative estimate of drug-likeness (QED) is 0.578. The molecule has 0 saturated carbocycles. The van der Waals surface area contributed by atoms with E-state index in [0.717, 1.165) is 4.90 Å². The van der Waals surface area contributed by atoms with Crippen molar-refractivity contribution in [3.63, 3.8) is 0 Å². The maximum atomic E-state index is 10.5. The van der Waals surface area contributed by atoms with Gasteiger partial charge in [0, 0.05) is 4.90 Å². The fraction of sp³-hybridized carbons (Fsp3) is 0.125. The second-order valence-corrected chi connectivity index (χ2v) is 3.72. The Morgan fingerprint density at radius 1 is 1.42 bits per heavy atom. The number of thiol groups is 1. The highest BCUT2D eigenvalue weighted by Gasteiger charge is 1.97. The number of rotatable bonds is 3. The number of hydrogen-bond acceptors (Lipinski definition) is 3. The first kappa shape index (κ1) is 9.48. The molecule has 1 N–H and O–H groups in total. The first-order valence-corrected chi connectivity index (χ1v) is 4.75. The molecule has 0 radical (unpaired) electrons. The van der Waals surface area contributed by atoms with Crippen LogP contribution in [0.25, 0.3) is 0 Å². The second-order valence-electron chi connectivity index (χ2n) is 2.18. The summed E-state index contributed by atoms with van der Waals surface area (Å²) in [5.74, 6) is 0.588. The lowest BCUT2D eigenvalue weighted by Gasteiger charge is -1.97. The minimum Gasteiger partial charge on any atom is -0.508 e. The summed E-state index contributed by atoms with van der Waals surface area (Å²) in [5, 5.41) is 8.80. The average molecular weight is 200 g/mol. The normalized spacial score (nSPS) is 9.75. The average Bonchev–Trinajstić information content (AvgIpc) is 2.03. The zero-order valence-electron chi connectivity index (χ0n) is 6.23. The molecule has 2 nitrogen and oxygen atoms in total. The molecule has 0 aliphatic heterocycles. The second kappa shape index (κ2) is 4.42. The van der Waals surface area contributed by atoms with Gasteiger partial charge in [0.05, 0.1) is 5.75 Å². The lowest BCUT2D eigenvalue weighted by Crippen LogP contribution is -1.88. The molecule has 64 valence electrons. The van der Waals surface area contributed by atoms with E-state index in [1.165, 1.54) is 11.8 Å². The van der Waals surface area contributed by atoms with Gasteiger partial charge in [-0.3, -0.25) is 4.79 Å². The number of aromatic hydroxyl groups is 1. The Kier molecular flexibility index (Phi) is 3.49. The smallest absolute Gasteiger partial charge is 0.196 e. The predicted octanol–water partition coefficient (Wildman–Crippen LogP) is 1.94. The SMILES string of the molecule is O=C(S)CSc1ccc(O)cc1. The van der Waals surface area contributed by atoms with Crippen LogP contribution in [-0.2, 0) is 4.79 Å². The zero-order chi connectivity index (χ0) is 8.97. The van der Waals surface area contributed by atoms with Crippen LogP contribution in [0.4, 0.5) is 0 Å². The molecule has 0 heterocycles. The number of carbonyl (C=O) groups is 1. The van der Waals surface area contributed by atoms with Gasteiger partial charge in [-0.15, -0.1) is 24.4 Å². The van der Waals surface area contributed by atoms with Gasteiger partial charge in [0.1, 0.15) is 5.75 Å². The summed E-state index contributed by atoms with van der Waals surface area (Å²) in [6.07, 6.45) is 0. The van der Waals surface area contributed by atoms with Crippen molar-refractivity contribution < 1.29 is 9.90 Å². The highest BCUT2D eigenvalue weighted by atomic mass is 32.2. The monoisotopic (exact) mass is 200 g/mol. The Morgan fingerprint density at radius 2 is 2.00 bits per heavy atom. The van der Waals surface area contributed by atoms with Gasteiger partial charge in [-0.05, 0) is 24.3 Å². The van der Waals surface area contributed by atoms with E-state index in [1.807, 2.05) is 0 Å². The molecule has 1 rings (SSSR count). The Hall–Kier alpha value is -0.610. The van der Waals surface area contributed by atoms with Crippen LogP contribution in [0.1, 0.15) is 0 Å². The van der Waals surface area contributed by atoms with Crippen LogP contribution in [0.5, 0.6) is 5.75 Å². The molecule has 4 heteroatoms. The van der Waals surface area contributed by atoms with E-state index in [1.54, 1.807) is 24.3 Å². The third-order valence-electron chi connectivity index (χ3n) is 1.20. The molecule has 0 bridgehead atoms. The van der Waals surface area contributed by atoms with E-state index in [9.17, 15) is 4.79 Å². The van der Waals surface area contributed by atoms with Gasteiger partial charge in [0.25, 0.3) is 0 Å². The van der Waals surface area contributed by atoms with Crippen LogP contribution < -0.4 is 0 Å². The van der Waals surface area contributed by atoms with E-state index in [-0.39, 0.29) is 10.9 Å². The van der Waals surface area contributed by atoms with Crippen molar-refractivity contribution in [3.05, 3.63) is 24.3 Å². The molecule has 0 spiro atoms. The maximum Gasteiger partial charge on any atom is 0.196 e. The van der Waals surface area contributed by atoms with E-state index < -0.39 is 0 Å². The standard InChI is InChI=1S/C8H8O2S2/c9-6-1-3-7(4-2-6)12-5-8(10)11/h1-4,9H,5H2,(H,10,11). The number of benzene rings is 1. The summed E-state index contributed by atoms with van der Waals surface area (Å²) in [4.78, 5) is 11.4. The highest BCUT2D eigenvalue weighted by molar-refractivity contribution is 8.04. The van der Waals surface area contributed by atoms with Crippen LogP contribution in [0.15, 0.2) is 29.2 Å². The van der Waals surface area contributed by atoms with E-state index in [4.69, 9.17) is 5.11 Å². The van der Waals surface area contributed by atoms with Gasteiger partial charge < -0.3 is 5.11 Å². The Labute approximate surface area is 80.4 Å². The maximum absolute atomic E-state index is 10.5. The third kappa shape index (κ3) is 3.19. The number of hydrogen-bond donors (Lipinski definition) is 2. The van der Waals surface area contributed by atoms with Gasteiger partial charge in [0.2, 0.25) is 0 Å². The largest absolute Gasteiger partial charge is 0.508 e. The first-order chi connectivity index (χ1) is 5.68. The van der Waals surface area contributed by atoms with Crippen LogP contribution in [0, 0.1) is 0 Å². The van der Waals surface area contributed by atoms with Gasteiger partial charge in [0.15, 0.2) is 5.12 Å². The Balaban J connectivity index is 2.53.